The van der Waals surface area contributed by atoms with E-state index in [2.05, 4.69) is 15.2 Å². The summed E-state index contributed by atoms with van der Waals surface area (Å²) < 4.78 is 5.83. The van der Waals surface area contributed by atoms with Gasteiger partial charge < -0.3 is 9.73 Å². The number of piperidine rings is 1. The third-order valence-corrected chi connectivity index (χ3v) is 4.46. The summed E-state index contributed by atoms with van der Waals surface area (Å²) in [5.74, 6) is 1.69. The van der Waals surface area contributed by atoms with E-state index in [9.17, 15) is 4.79 Å². The molecule has 1 aliphatic heterocycles. The molecule has 122 valence electrons. The number of oxazole rings is 1. The summed E-state index contributed by atoms with van der Waals surface area (Å²) in [4.78, 5) is 18.3. The van der Waals surface area contributed by atoms with Crippen molar-refractivity contribution >= 4 is 17.5 Å². The fourth-order valence-corrected chi connectivity index (χ4v) is 3.10. The molecular formula is C17H20ClN3O2. The van der Waals surface area contributed by atoms with Crippen molar-refractivity contribution in [3.8, 4) is 11.3 Å². The van der Waals surface area contributed by atoms with Crippen LogP contribution in [0.2, 0.25) is 5.02 Å². The van der Waals surface area contributed by atoms with Gasteiger partial charge in [0.05, 0.1) is 12.7 Å². The Labute approximate surface area is 140 Å². The number of hydrogen-bond acceptors (Lipinski definition) is 4. The van der Waals surface area contributed by atoms with Gasteiger partial charge in [-0.1, -0.05) is 23.7 Å². The van der Waals surface area contributed by atoms with Crippen LogP contribution < -0.4 is 5.32 Å². The average Bonchev–Trinajstić information content (AvgIpc) is 3.03. The van der Waals surface area contributed by atoms with Gasteiger partial charge in [-0.25, -0.2) is 4.98 Å². The van der Waals surface area contributed by atoms with Crippen LogP contribution in [0.15, 0.2) is 34.9 Å². The number of nitrogens with one attached hydrogen (secondary N) is 1. The molecule has 1 aromatic heterocycles. The molecule has 0 saturated carbocycles. The Kier molecular flexibility index (Phi) is 4.98. The standard InChI is InChI=1S/C17H20ClN3O2/c1-19-17(22)12-5-7-21(8-6-12)11-16-20-10-15(23-16)13-3-2-4-14(18)9-13/h2-4,9-10,12H,5-8,11H2,1H3,(H,19,22). The maximum atomic E-state index is 11.6. The Morgan fingerprint density at radius 1 is 1.43 bits per heavy atom. The van der Waals surface area contributed by atoms with Gasteiger partial charge in [-0.15, -0.1) is 0 Å². The van der Waals surface area contributed by atoms with Gasteiger partial charge in [0.25, 0.3) is 0 Å². The zero-order chi connectivity index (χ0) is 16.2. The van der Waals surface area contributed by atoms with E-state index in [-0.39, 0.29) is 11.8 Å². The summed E-state index contributed by atoms with van der Waals surface area (Å²) in [5.41, 5.74) is 0.926. The molecule has 1 saturated heterocycles. The molecule has 5 nitrogen and oxygen atoms in total. The molecule has 3 rings (SSSR count). The van der Waals surface area contributed by atoms with Crippen LogP contribution in [0.1, 0.15) is 18.7 Å². The molecule has 0 spiro atoms. The quantitative estimate of drug-likeness (QED) is 0.934. The van der Waals surface area contributed by atoms with Gasteiger partial charge in [-0.2, -0.15) is 0 Å². The lowest BCUT2D eigenvalue weighted by molar-refractivity contribution is -0.125. The Morgan fingerprint density at radius 2 is 2.22 bits per heavy atom. The number of benzene rings is 1. The molecule has 1 aliphatic rings. The molecule has 0 bridgehead atoms. The van der Waals surface area contributed by atoms with Crippen LogP contribution in [0, 0.1) is 5.92 Å². The second kappa shape index (κ2) is 7.15. The smallest absolute Gasteiger partial charge is 0.222 e. The van der Waals surface area contributed by atoms with Crippen molar-refractivity contribution in [2.75, 3.05) is 20.1 Å². The van der Waals surface area contributed by atoms with Crippen molar-refractivity contribution in [2.45, 2.75) is 19.4 Å². The summed E-state index contributed by atoms with van der Waals surface area (Å²) in [6.45, 7) is 2.43. The number of hydrogen-bond donors (Lipinski definition) is 1. The molecule has 6 heteroatoms. The number of rotatable bonds is 4. The minimum absolute atomic E-state index is 0.128. The fraction of sp³-hybridized carbons (Fsp3) is 0.412. The minimum atomic E-state index is 0.128. The van der Waals surface area contributed by atoms with Crippen molar-refractivity contribution in [2.24, 2.45) is 5.92 Å². The third-order valence-electron chi connectivity index (χ3n) is 4.23. The van der Waals surface area contributed by atoms with Crippen LogP contribution in [0.5, 0.6) is 0 Å². The number of nitrogens with zero attached hydrogens (tertiary/aromatic N) is 2. The highest BCUT2D eigenvalue weighted by Crippen LogP contribution is 2.25. The van der Waals surface area contributed by atoms with Crippen molar-refractivity contribution in [3.63, 3.8) is 0 Å². The molecule has 1 amide bonds. The summed E-state index contributed by atoms with van der Waals surface area (Å²) >= 11 is 6.01. The fourth-order valence-electron chi connectivity index (χ4n) is 2.91. The van der Waals surface area contributed by atoms with Crippen molar-refractivity contribution in [1.82, 2.24) is 15.2 Å². The number of carbonyl (C=O) groups is 1. The highest BCUT2D eigenvalue weighted by molar-refractivity contribution is 6.30. The third kappa shape index (κ3) is 3.92. The van der Waals surface area contributed by atoms with Crippen LogP contribution in [0.3, 0.4) is 0 Å². The number of carbonyl (C=O) groups excluding carboxylic acids is 1. The van der Waals surface area contributed by atoms with E-state index in [4.69, 9.17) is 16.0 Å². The summed E-state index contributed by atoms with van der Waals surface area (Å²) in [7, 11) is 1.69. The first-order valence-electron chi connectivity index (χ1n) is 7.80. The maximum Gasteiger partial charge on any atom is 0.222 e. The Morgan fingerprint density at radius 3 is 2.91 bits per heavy atom. The van der Waals surface area contributed by atoms with E-state index in [0.29, 0.717) is 17.5 Å². The summed E-state index contributed by atoms with van der Waals surface area (Å²) in [6, 6.07) is 7.54. The van der Waals surface area contributed by atoms with Crippen LogP contribution in [0.4, 0.5) is 0 Å². The van der Waals surface area contributed by atoms with Gasteiger partial charge in [0.2, 0.25) is 11.8 Å². The predicted octanol–water partition coefficient (Wildman–Crippen LogP) is 2.95. The molecule has 1 aromatic carbocycles. The molecule has 2 heterocycles. The SMILES string of the molecule is CNC(=O)C1CCN(Cc2ncc(-c3cccc(Cl)c3)o2)CC1. The van der Waals surface area contributed by atoms with Crippen molar-refractivity contribution < 1.29 is 9.21 Å². The van der Waals surface area contributed by atoms with Crippen LogP contribution in [-0.2, 0) is 11.3 Å². The van der Waals surface area contributed by atoms with E-state index < -0.39 is 0 Å². The normalized spacial score (nSPS) is 16.4. The van der Waals surface area contributed by atoms with Crippen LogP contribution in [-0.4, -0.2) is 35.9 Å². The second-order valence-electron chi connectivity index (χ2n) is 5.79. The topological polar surface area (TPSA) is 58.4 Å². The first-order chi connectivity index (χ1) is 11.2. The molecule has 2 aromatic rings. The molecule has 23 heavy (non-hydrogen) atoms. The minimum Gasteiger partial charge on any atom is -0.439 e. The maximum absolute atomic E-state index is 11.6. The van der Waals surface area contributed by atoms with Gasteiger partial charge in [0.1, 0.15) is 0 Å². The summed E-state index contributed by atoms with van der Waals surface area (Å²) in [6.07, 6.45) is 3.49. The summed E-state index contributed by atoms with van der Waals surface area (Å²) in [5, 5.41) is 3.40. The van der Waals surface area contributed by atoms with Gasteiger partial charge >= 0.3 is 0 Å². The molecule has 0 aliphatic carbocycles. The molecule has 0 unspecified atom stereocenters. The first-order valence-corrected chi connectivity index (χ1v) is 8.18. The lowest BCUT2D eigenvalue weighted by atomic mass is 9.96. The second-order valence-corrected chi connectivity index (χ2v) is 6.23. The van der Waals surface area contributed by atoms with Crippen molar-refractivity contribution in [1.29, 1.82) is 0 Å². The highest BCUT2D eigenvalue weighted by atomic mass is 35.5. The lowest BCUT2D eigenvalue weighted by Gasteiger charge is -2.29. The monoisotopic (exact) mass is 333 g/mol. The van der Waals surface area contributed by atoms with E-state index in [1.165, 1.54) is 0 Å². The van der Waals surface area contributed by atoms with Crippen molar-refractivity contribution in [3.05, 3.63) is 41.4 Å². The Bertz CT molecular complexity index is 678. The molecule has 1 N–H and O–H groups in total. The largest absolute Gasteiger partial charge is 0.439 e. The van der Waals surface area contributed by atoms with E-state index in [0.717, 1.165) is 37.3 Å². The Hall–Kier alpha value is -1.85. The van der Waals surface area contributed by atoms with Crippen LogP contribution in [0.25, 0.3) is 11.3 Å². The number of likely N-dealkylation sites (tertiary alicyclic amines) is 1. The molecule has 1 fully saturated rings. The highest BCUT2D eigenvalue weighted by Gasteiger charge is 2.24. The van der Waals surface area contributed by atoms with Gasteiger partial charge in [0.15, 0.2) is 5.76 Å². The number of amides is 1. The first kappa shape index (κ1) is 16.0. The van der Waals surface area contributed by atoms with Gasteiger partial charge in [-0.05, 0) is 38.1 Å². The zero-order valence-corrected chi connectivity index (χ0v) is 13.8. The van der Waals surface area contributed by atoms with Gasteiger partial charge in [0, 0.05) is 23.6 Å². The van der Waals surface area contributed by atoms with E-state index in [1.807, 2.05) is 24.3 Å². The molecule has 0 atom stereocenters. The lowest BCUT2D eigenvalue weighted by Crippen LogP contribution is -2.39. The number of halogens is 1. The Balaban J connectivity index is 1.59. The molecule has 0 radical (unpaired) electrons. The zero-order valence-electron chi connectivity index (χ0n) is 13.1. The van der Waals surface area contributed by atoms with Gasteiger partial charge in [-0.3, -0.25) is 9.69 Å². The van der Waals surface area contributed by atoms with Crippen LogP contribution >= 0.6 is 11.6 Å². The number of aromatic nitrogens is 1. The molecular weight excluding hydrogens is 314 g/mol. The average molecular weight is 334 g/mol. The van der Waals surface area contributed by atoms with E-state index >= 15 is 0 Å². The predicted molar refractivity (Wildman–Crippen MR) is 89.0 cm³/mol. The van der Waals surface area contributed by atoms with E-state index in [1.54, 1.807) is 13.2 Å².